The molecule has 1 aliphatic rings. The van der Waals surface area contributed by atoms with Crippen molar-refractivity contribution in [2.24, 2.45) is 5.92 Å². The van der Waals surface area contributed by atoms with E-state index in [4.69, 9.17) is 14.2 Å². The summed E-state index contributed by atoms with van der Waals surface area (Å²) in [6.45, 7) is 11.6. The highest BCUT2D eigenvalue weighted by Crippen LogP contribution is 2.19. The molecule has 2 atom stereocenters. The van der Waals surface area contributed by atoms with Crippen LogP contribution in [0.25, 0.3) is 0 Å². The second-order valence-electron chi connectivity index (χ2n) is 8.17. The van der Waals surface area contributed by atoms with E-state index in [2.05, 4.69) is 10.6 Å². The van der Waals surface area contributed by atoms with Gasteiger partial charge in [0.15, 0.2) is 0 Å². The minimum Gasteiger partial charge on any atom is -0.444 e. The highest BCUT2D eigenvalue weighted by molar-refractivity contribution is 5.85. The number of hydrogen-bond donors (Lipinski definition) is 2. The van der Waals surface area contributed by atoms with E-state index in [0.29, 0.717) is 25.9 Å². The van der Waals surface area contributed by atoms with Gasteiger partial charge in [0.1, 0.15) is 17.2 Å². The topological polar surface area (TPSA) is 103 Å². The van der Waals surface area contributed by atoms with E-state index in [0.717, 1.165) is 0 Å². The Labute approximate surface area is 148 Å². The minimum atomic E-state index is -0.991. The third-order valence-corrected chi connectivity index (χ3v) is 3.30. The van der Waals surface area contributed by atoms with E-state index in [1.165, 1.54) is 0 Å². The molecule has 2 N–H and O–H groups in total. The first-order chi connectivity index (χ1) is 11.4. The zero-order chi connectivity index (χ0) is 19.3. The summed E-state index contributed by atoms with van der Waals surface area (Å²) in [5, 5.41) is 5.71. The fraction of sp³-hybridized carbons (Fsp3) is 0.824. The Hall–Kier alpha value is -1.83. The van der Waals surface area contributed by atoms with Gasteiger partial charge in [-0.3, -0.25) is 0 Å². The molecular formula is C17H30N2O6. The maximum atomic E-state index is 12.0. The molecule has 144 valence electrons. The van der Waals surface area contributed by atoms with Crippen molar-refractivity contribution in [1.29, 1.82) is 0 Å². The molecular weight excluding hydrogens is 328 g/mol. The largest absolute Gasteiger partial charge is 0.516 e. The van der Waals surface area contributed by atoms with Crippen LogP contribution in [-0.2, 0) is 19.0 Å². The van der Waals surface area contributed by atoms with Crippen molar-refractivity contribution < 1.29 is 28.6 Å². The maximum absolute atomic E-state index is 12.0. The highest BCUT2D eigenvalue weighted by Gasteiger charge is 2.32. The Kier molecular flexibility index (Phi) is 7.22. The Bertz CT molecular complexity index is 492. The molecule has 1 amide bonds. The Morgan fingerprint density at radius 2 is 1.64 bits per heavy atom. The molecule has 0 bridgehead atoms. The van der Waals surface area contributed by atoms with Crippen molar-refractivity contribution in [3.05, 3.63) is 0 Å². The van der Waals surface area contributed by atoms with Crippen LogP contribution in [0.1, 0.15) is 54.4 Å². The lowest BCUT2D eigenvalue weighted by Crippen LogP contribution is -2.35. The van der Waals surface area contributed by atoms with E-state index in [-0.39, 0.29) is 5.92 Å². The summed E-state index contributed by atoms with van der Waals surface area (Å²) < 4.78 is 14.8. The summed E-state index contributed by atoms with van der Waals surface area (Å²) in [4.78, 5) is 35.0. The van der Waals surface area contributed by atoms with E-state index in [1.807, 2.05) is 0 Å². The third-order valence-electron chi connectivity index (χ3n) is 3.30. The van der Waals surface area contributed by atoms with Crippen molar-refractivity contribution in [2.75, 3.05) is 13.1 Å². The van der Waals surface area contributed by atoms with Crippen LogP contribution in [0.2, 0.25) is 0 Å². The second kappa shape index (κ2) is 8.51. The number of nitrogens with one attached hydrogen (secondary N) is 2. The number of rotatable bonds is 4. The predicted molar refractivity (Wildman–Crippen MR) is 91.1 cm³/mol. The second-order valence-corrected chi connectivity index (χ2v) is 8.17. The Morgan fingerprint density at radius 3 is 2.20 bits per heavy atom. The van der Waals surface area contributed by atoms with Crippen LogP contribution in [0.3, 0.4) is 0 Å². The standard InChI is InChI=1S/C17H30N2O6/c1-16(2,3)24-14(21)18-8-7-11-9-12(19-10-11)13(20)23-15(22)25-17(4,5)6/h11-12,19H,7-10H2,1-6H3,(H,18,21)/t11?,12-/m0/s1. The minimum absolute atomic E-state index is 0.200. The van der Waals surface area contributed by atoms with Crippen LogP contribution >= 0.6 is 0 Å². The average molecular weight is 358 g/mol. The first-order valence-corrected chi connectivity index (χ1v) is 8.50. The molecule has 8 nitrogen and oxygen atoms in total. The van der Waals surface area contributed by atoms with Gasteiger partial charge < -0.3 is 24.8 Å². The van der Waals surface area contributed by atoms with Crippen molar-refractivity contribution in [3.8, 4) is 0 Å². The lowest BCUT2D eigenvalue weighted by atomic mass is 10.0. The number of carbonyl (C=O) groups is 3. The molecule has 1 fully saturated rings. The van der Waals surface area contributed by atoms with Gasteiger partial charge in [0, 0.05) is 6.54 Å². The molecule has 0 aromatic heterocycles. The van der Waals surface area contributed by atoms with E-state index < -0.39 is 35.5 Å². The predicted octanol–water partition coefficient (Wildman–Crippen LogP) is 2.36. The first kappa shape index (κ1) is 21.2. The van der Waals surface area contributed by atoms with Gasteiger partial charge in [0.2, 0.25) is 0 Å². The van der Waals surface area contributed by atoms with Gasteiger partial charge in [0.25, 0.3) is 0 Å². The molecule has 0 saturated carbocycles. The van der Waals surface area contributed by atoms with Crippen molar-refractivity contribution in [3.63, 3.8) is 0 Å². The monoisotopic (exact) mass is 358 g/mol. The molecule has 1 saturated heterocycles. The summed E-state index contributed by atoms with van der Waals surface area (Å²) in [6, 6.07) is -0.543. The van der Waals surface area contributed by atoms with Crippen LogP contribution < -0.4 is 10.6 Å². The number of hydrogen-bond acceptors (Lipinski definition) is 7. The summed E-state index contributed by atoms with van der Waals surface area (Å²) in [7, 11) is 0. The summed E-state index contributed by atoms with van der Waals surface area (Å²) in [5.41, 5.74) is -1.24. The number of ether oxygens (including phenoxy) is 3. The highest BCUT2D eigenvalue weighted by atomic mass is 16.7. The van der Waals surface area contributed by atoms with Gasteiger partial charge in [-0.1, -0.05) is 0 Å². The van der Waals surface area contributed by atoms with E-state index in [9.17, 15) is 14.4 Å². The lowest BCUT2D eigenvalue weighted by molar-refractivity contribution is -0.143. The smallest absolute Gasteiger partial charge is 0.444 e. The molecule has 8 heteroatoms. The third kappa shape index (κ3) is 9.28. The van der Waals surface area contributed by atoms with Crippen LogP contribution in [0, 0.1) is 5.92 Å². The Balaban J connectivity index is 2.28. The van der Waals surface area contributed by atoms with Gasteiger partial charge in [-0.25, -0.2) is 14.4 Å². The van der Waals surface area contributed by atoms with Crippen LogP contribution in [0.5, 0.6) is 0 Å². The molecule has 1 aliphatic heterocycles. The van der Waals surface area contributed by atoms with Crippen molar-refractivity contribution >= 4 is 18.2 Å². The summed E-state index contributed by atoms with van der Waals surface area (Å²) in [5.74, 6) is -0.442. The molecule has 0 spiro atoms. The van der Waals surface area contributed by atoms with Gasteiger partial charge in [-0.2, -0.15) is 0 Å². The molecule has 25 heavy (non-hydrogen) atoms. The molecule has 1 unspecified atom stereocenters. The van der Waals surface area contributed by atoms with Gasteiger partial charge >= 0.3 is 18.2 Å². The average Bonchev–Trinajstić information content (AvgIpc) is 2.82. The van der Waals surface area contributed by atoms with Crippen molar-refractivity contribution in [2.45, 2.75) is 71.6 Å². The normalized spacial score (nSPS) is 20.7. The maximum Gasteiger partial charge on any atom is 0.516 e. The fourth-order valence-corrected chi connectivity index (χ4v) is 2.33. The summed E-state index contributed by atoms with van der Waals surface area (Å²) >= 11 is 0. The van der Waals surface area contributed by atoms with Gasteiger partial charge in [-0.15, -0.1) is 0 Å². The molecule has 0 aromatic carbocycles. The van der Waals surface area contributed by atoms with Gasteiger partial charge in [-0.05, 0) is 66.8 Å². The first-order valence-electron chi connectivity index (χ1n) is 8.50. The molecule has 0 aromatic rings. The number of amides is 1. The fourth-order valence-electron chi connectivity index (χ4n) is 2.33. The Morgan fingerprint density at radius 1 is 1.04 bits per heavy atom. The molecule has 0 radical (unpaired) electrons. The molecule has 0 aliphatic carbocycles. The number of esters is 1. The SMILES string of the molecule is CC(C)(C)OC(=O)NCCC1CN[C@H](C(=O)OC(=O)OC(C)(C)C)C1. The zero-order valence-corrected chi connectivity index (χ0v) is 15.9. The zero-order valence-electron chi connectivity index (χ0n) is 15.9. The summed E-state index contributed by atoms with van der Waals surface area (Å²) in [6.07, 6.45) is -0.214. The van der Waals surface area contributed by atoms with E-state index in [1.54, 1.807) is 41.5 Å². The van der Waals surface area contributed by atoms with Gasteiger partial charge in [0.05, 0.1) is 0 Å². The van der Waals surface area contributed by atoms with Crippen LogP contribution in [0.15, 0.2) is 0 Å². The quantitative estimate of drug-likeness (QED) is 0.587. The number of alkyl carbamates (subject to hydrolysis) is 1. The van der Waals surface area contributed by atoms with Crippen LogP contribution in [-0.4, -0.2) is 48.6 Å². The number of carbonyl (C=O) groups excluding carboxylic acids is 3. The van der Waals surface area contributed by atoms with Crippen LogP contribution in [0.4, 0.5) is 9.59 Å². The molecule has 1 heterocycles. The molecule has 1 rings (SSSR count). The lowest BCUT2D eigenvalue weighted by Gasteiger charge is -2.20. The van der Waals surface area contributed by atoms with Crippen molar-refractivity contribution in [1.82, 2.24) is 10.6 Å². The van der Waals surface area contributed by atoms with E-state index >= 15 is 0 Å².